The Labute approximate surface area is 171 Å². The fourth-order valence-electron chi connectivity index (χ4n) is 2.65. The van der Waals surface area contributed by atoms with Crippen LogP contribution in [0.5, 0.6) is 0 Å². The number of hydrogen-bond donors (Lipinski definition) is 2. The van der Waals surface area contributed by atoms with Gasteiger partial charge in [-0.3, -0.25) is 9.59 Å². The van der Waals surface area contributed by atoms with Crippen LogP contribution in [0.3, 0.4) is 0 Å². The first kappa shape index (κ1) is 20.1. The Kier molecular flexibility index (Phi) is 6.83. The molecule has 0 bridgehead atoms. The third-order valence-electron chi connectivity index (χ3n) is 4.05. The highest BCUT2D eigenvalue weighted by Crippen LogP contribution is 2.27. The largest absolute Gasteiger partial charge is 0.370 e. The van der Waals surface area contributed by atoms with Crippen molar-refractivity contribution >= 4 is 34.9 Å². The van der Waals surface area contributed by atoms with E-state index in [0.29, 0.717) is 17.5 Å². The Bertz CT molecular complexity index is 925. The molecular weight excluding hydrogens is 394 g/mol. The van der Waals surface area contributed by atoms with Gasteiger partial charge in [-0.05, 0) is 23.9 Å². The van der Waals surface area contributed by atoms with Crippen LogP contribution in [0.4, 0.5) is 0 Å². The van der Waals surface area contributed by atoms with Gasteiger partial charge in [-0.25, -0.2) is 0 Å². The van der Waals surface area contributed by atoms with Gasteiger partial charge in [-0.15, -0.1) is 21.5 Å². The lowest BCUT2D eigenvalue weighted by Crippen LogP contribution is -2.28. The summed E-state index contributed by atoms with van der Waals surface area (Å²) in [5.74, 6) is 0.396. The lowest BCUT2D eigenvalue weighted by atomic mass is 10.1. The number of thioether (sulfide) groups is 1. The second kappa shape index (κ2) is 9.52. The first-order valence-corrected chi connectivity index (χ1v) is 10.6. The van der Waals surface area contributed by atoms with Gasteiger partial charge in [0.25, 0.3) is 0 Å². The maximum Gasteiger partial charge on any atom is 0.230 e. The molecule has 146 valence electrons. The summed E-state index contributed by atoms with van der Waals surface area (Å²) in [4.78, 5) is 24.5. The maximum atomic E-state index is 12.4. The van der Waals surface area contributed by atoms with Gasteiger partial charge in [0.05, 0.1) is 16.7 Å². The van der Waals surface area contributed by atoms with Gasteiger partial charge in [0.15, 0.2) is 11.0 Å². The van der Waals surface area contributed by atoms with E-state index in [1.807, 2.05) is 59.3 Å². The molecule has 28 heavy (non-hydrogen) atoms. The molecule has 1 atom stereocenters. The summed E-state index contributed by atoms with van der Waals surface area (Å²) in [6, 6.07) is 13.6. The smallest absolute Gasteiger partial charge is 0.230 e. The summed E-state index contributed by atoms with van der Waals surface area (Å²) < 4.78 is 1.84. The summed E-state index contributed by atoms with van der Waals surface area (Å²) >= 11 is 2.83. The van der Waals surface area contributed by atoms with Crippen LogP contribution in [0, 0.1) is 0 Å². The molecule has 1 unspecified atom stereocenters. The zero-order chi connectivity index (χ0) is 19.9. The van der Waals surface area contributed by atoms with Crippen molar-refractivity contribution in [3.63, 3.8) is 0 Å². The van der Waals surface area contributed by atoms with Crippen molar-refractivity contribution in [2.75, 3.05) is 5.75 Å². The van der Waals surface area contributed by atoms with Gasteiger partial charge in [-0.2, -0.15) is 0 Å². The average molecular weight is 416 g/mol. The molecule has 2 amide bonds. The van der Waals surface area contributed by atoms with Crippen molar-refractivity contribution in [3.05, 3.63) is 53.4 Å². The van der Waals surface area contributed by atoms with E-state index in [2.05, 4.69) is 15.5 Å². The van der Waals surface area contributed by atoms with Gasteiger partial charge < -0.3 is 15.6 Å². The number of rotatable bonds is 9. The van der Waals surface area contributed by atoms with E-state index in [4.69, 9.17) is 5.73 Å². The minimum absolute atomic E-state index is 0.0799. The summed E-state index contributed by atoms with van der Waals surface area (Å²) in [6.07, 6.45) is 0.182. The quantitative estimate of drug-likeness (QED) is 0.523. The predicted molar refractivity (Wildman–Crippen MR) is 111 cm³/mol. The highest BCUT2D eigenvalue weighted by molar-refractivity contribution is 7.99. The third kappa shape index (κ3) is 5.20. The summed E-state index contributed by atoms with van der Waals surface area (Å²) in [6.45, 7) is 2.32. The number of carbonyl (C=O) groups is 2. The normalized spacial score (nSPS) is 11.9. The molecule has 3 N–H and O–H groups in total. The molecule has 1 aromatic carbocycles. The number of aromatic nitrogens is 3. The van der Waals surface area contributed by atoms with Gasteiger partial charge in [0.1, 0.15) is 0 Å². The lowest BCUT2D eigenvalue weighted by molar-refractivity contribution is -0.119. The van der Waals surface area contributed by atoms with Crippen molar-refractivity contribution in [3.8, 4) is 10.7 Å². The SMILES string of the molecule is CC(NC(=O)CSc1nnc(-c2cccs2)n1CCC(N)=O)c1ccccc1. The molecule has 0 saturated carbocycles. The predicted octanol–water partition coefficient (Wildman–Crippen LogP) is 2.85. The summed E-state index contributed by atoms with van der Waals surface area (Å²) in [5, 5.41) is 14.0. The highest BCUT2D eigenvalue weighted by atomic mass is 32.2. The number of thiophene rings is 1. The van der Waals surface area contributed by atoms with Crippen LogP contribution in [0.15, 0.2) is 53.0 Å². The van der Waals surface area contributed by atoms with Crippen LogP contribution in [-0.2, 0) is 16.1 Å². The number of nitrogens with zero attached hydrogens (tertiary/aromatic N) is 3. The molecule has 0 aliphatic heterocycles. The Morgan fingerprint density at radius 3 is 2.68 bits per heavy atom. The number of benzene rings is 1. The number of carbonyl (C=O) groups excluding carboxylic acids is 2. The van der Waals surface area contributed by atoms with Crippen molar-refractivity contribution in [2.24, 2.45) is 5.73 Å². The van der Waals surface area contributed by atoms with Crippen molar-refractivity contribution in [1.82, 2.24) is 20.1 Å². The molecule has 0 aliphatic carbocycles. The number of nitrogens with one attached hydrogen (secondary N) is 1. The Morgan fingerprint density at radius 2 is 2.00 bits per heavy atom. The van der Waals surface area contributed by atoms with Crippen molar-refractivity contribution < 1.29 is 9.59 Å². The molecule has 0 saturated heterocycles. The molecule has 0 spiro atoms. The Morgan fingerprint density at radius 1 is 1.21 bits per heavy atom. The van der Waals surface area contributed by atoms with Crippen LogP contribution < -0.4 is 11.1 Å². The van der Waals surface area contributed by atoms with E-state index in [1.165, 1.54) is 11.8 Å². The van der Waals surface area contributed by atoms with Crippen molar-refractivity contribution in [2.45, 2.75) is 31.1 Å². The lowest BCUT2D eigenvalue weighted by Gasteiger charge is -2.14. The van der Waals surface area contributed by atoms with Gasteiger partial charge in [-0.1, -0.05) is 48.2 Å². The Balaban J connectivity index is 1.66. The molecule has 3 rings (SSSR count). The van der Waals surface area contributed by atoms with Crippen LogP contribution in [0.2, 0.25) is 0 Å². The standard InChI is InChI=1S/C19H21N5O2S2/c1-13(14-6-3-2-4-7-14)21-17(26)12-28-19-23-22-18(15-8-5-11-27-15)24(19)10-9-16(20)25/h2-8,11,13H,9-10,12H2,1H3,(H2,20,25)(H,21,26). The zero-order valence-corrected chi connectivity index (χ0v) is 17.0. The number of primary amides is 1. The van der Waals surface area contributed by atoms with E-state index in [1.54, 1.807) is 11.3 Å². The van der Waals surface area contributed by atoms with Crippen LogP contribution in [0.25, 0.3) is 10.7 Å². The van der Waals surface area contributed by atoms with Crippen LogP contribution in [0.1, 0.15) is 24.9 Å². The van der Waals surface area contributed by atoms with E-state index in [9.17, 15) is 9.59 Å². The first-order chi connectivity index (χ1) is 13.5. The topological polar surface area (TPSA) is 103 Å². The highest BCUT2D eigenvalue weighted by Gasteiger charge is 2.17. The molecule has 2 aromatic heterocycles. The molecule has 0 radical (unpaired) electrons. The number of amides is 2. The first-order valence-electron chi connectivity index (χ1n) is 8.77. The van der Waals surface area contributed by atoms with Crippen molar-refractivity contribution in [1.29, 1.82) is 0 Å². The molecule has 0 fully saturated rings. The second-order valence-corrected chi connectivity index (χ2v) is 8.03. The van der Waals surface area contributed by atoms with Gasteiger partial charge >= 0.3 is 0 Å². The molecule has 2 heterocycles. The zero-order valence-electron chi connectivity index (χ0n) is 15.4. The van der Waals surface area contributed by atoms with Crippen LogP contribution >= 0.6 is 23.1 Å². The number of hydrogen-bond acceptors (Lipinski definition) is 6. The summed E-state index contributed by atoms with van der Waals surface area (Å²) in [7, 11) is 0. The van der Waals surface area contributed by atoms with E-state index < -0.39 is 5.91 Å². The monoisotopic (exact) mass is 415 g/mol. The molecular formula is C19H21N5O2S2. The Hall–Kier alpha value is -2.65. The fraction of sp³-hybridized carbons (Fsp3) is 0.263. The third-order valence-corrected chi connectivity index (χ3v) is 5.88. The maximum absolute atomic E-state index is 12.4. The number of nitrogens with two attached hydrogens (primary N) is 1. The average Bonchev–Trinajstić information content (AvgIpc) is 3.34. The molecule has 7 nitrogen and oxygen atoms in total. The van der Waals surface area contributed by atoms with E-state index in [-0.39, 0.29) is 24.1 Å². The van der Waals surface area contributed by atoms with Crippen LogP contribution in [-0.4, -0.2) is 32.3 Å². The summed E-state index contributed by atoms with van der Waals surface area (Å²) in [5.41, 5.74) is 6.35. The van der Waals surface area contributed by atoms with Gasteiger partial charge in [0.2, 0.25) is 11.8 Å². The molecule has 9 heteroatoms. The fourth-order valence-corrected chi connectivity index (χ4v) is 4.14. The molecule has 3 aromatic rings. The molecule has 0 aliphatic rings. The minimum Gasteiger partial charge on any atom is -0.370 e. The van der Waals surface area contributed by atoms with E-state index >= 15 is 0 Å². The van der Waals surface area contributed by atoms with Gasteiger partial charge in [0, 0.05) is 13.0 Å². The van der Waals surface area contributed by atoms with E-state index in [0.717, 1.165) is 10.4 Å². The second-order valence-electron chi connectivity index (χ2n) is 6.14. The minimum atomic E-state index is -0.392.